The van der Waals surface area contributed by atoms with Crippen LogP contribution >= 0.6 is 0 Å². The highest BCUT2D eigenvalue weighted by molar-refractivity contribution is 5.81. The monoisotopic (exact) mass is 312 g/mol. The molecule has 118 valence electrons. The highest BCUT2D eigenvalue weighted by Crippen LogP contribution is 2.22. The number of carbonyl (C=O) groups is 2. The van der Waals surface area contributed by atoms with Gasteiger partial charge in [0.25, 0.3) is 0 Å². The van der Waals surface area contributed by atoms with E-state index >= 15 is 0 Å². The first-order valence-electron chi connectivity index (χ1n) is 7.37. The van der Waals surface area contributed by atoms with E-state index < -0.39 is 18.0 Å². The third kappa shape index (κ3) is 3.88. The van der Waals surface area contributed by atoms with Gasteiger partial charge in [0.1, 0.15) is 5.75 Å². The van der Waals surface area contributed by atoms with Crippen LogP contribution in [0.25, 0.3) is 11.1 Å². The maximum Gasteiger partial charge on any atom is 0.347 e. The number of rotatable bonds is 5. The lowest BCUT2D eigenvalue weighted by molar-refractivity contribution is -0.161. The third-order valence-electron chi connectivity index (χ3n) is 3.48. The van der Waals surface area contributed by atoms with Gasteiger partial charge in [-0.15, -0.1) is 0 Å². The van der Waals surface area contributed by atoms with E-state index in [-0.39, 0.29) is 6.61 Å². The van der Waals surface area contributed by atoms with E-state index in [2.05, 4.69) is 0 Å². The molecule has 5 nitrogen and oxygen atoms in total. The van der Waals surface area contributed by atoms with Crippen molar-refractivity contribution >= 4 is 11.9 Å². The Hall–Kier alpha value is -2.82. The zero-order chi connectivity index (χ0) is 16.1. The normalized spacial score (nSPS) is 16.7. The van der Waals surface area contributed by atoms with Crippen LogP contribution in [0.2, 0.25) is 0 Å². The molecule has 3 rings (SSSR count). The predicted octanol–water partition coefficient (Wildman–Crippen LogP) is 2.59. The van der Waals surface area contributed by atoms with Crippen LogP contribution in [-0.4, -0.2) is 31.3 Å². The summed E-state index contributed by atoms with van der Waals surface area (Å²) in [6.07, 6.45) is -0.400. The molecule has 0 bridgehead atoms. The highest BCUT2D eigenvalue weighted by atomic mass is 16.6. The average Bonchev–Trinajstić information content (AvgIpc) is 2.99. The zero-order valence-corrected chi connectivity index (χ0v) is 12.4. The van der Waals surface area contributed by atoms with Crippen molar-refractivity contribution < 1.29 is 23.8 Å². The first-order valence-corrected chi connectivity index (χ1v) is 7.37. The second-order valence-corrected chi connectivity index (χ2v) is 5.11. The topological polar surface area (TPSA) is 61.8 Å². The fourth-order valence-corrected chi connectivity index (χ4v) is 2.29. The minimum atomic E-state index is -0.799. The first-order chi connectivity index (χ1) is 11.2. The van der Waals surface area contributed by atoms with E-state index in [1.165, 1.54) is 0 Å². The predicted molar refractivity (Wildman–Crippen MR) is 82.8 cm³/mol. The van der Waals surface area contributed by atoms with Crippen LogP contribution in [0, 0.1) is 0 Å². The second kappa shape index (κ2) is 6.96. The molecular weight excluding hydrogens is 296 g/mol. The fourth-order valence-electron chi connectivity index (χ4n) is 2.29. The van der Waals surface area contributed by atoms with Gasteiger partial charge < -0.3 is 14.2 Å². The summed E-state index contributed by atoms with van der Waals surface area (Å²) >= 11 is 0. The molecule has 1 heterocycles. The van der Waals surface area contributed by atoms with Gasteiger partial charge in [0.2, 0.25) is 6.10 Å². The van der Waals surface area contributed by atoms with Gasteiger partial charge in [-0.3, -0.25) is 0 Å². The molecule has 1 saturated heterocycles. The summed E-state index contributed by atoms with van der Waals surface area (Å²) in [5.74, 6) is -0.512. The van der Waals surface area contributed by atoms with Crippen LogP contribution < -0.4 is 4.74 Å². The maximum absolute atomic E-state index is 11.7. The van der Waals surface area contributed by atoms with E-state index in [0.29, 0.717) is 18.8 Å². The Morgan fingerprint density at radius 2 is 1.74 bits per heavy atom. The largest absolute Gasteiger partial charge is 0.482 e. The molecule has 0 aromatic heterocycles. The van der Waals surface area contributed by atoms with E-state index in [1.54, 1.807) is 12.1 Å². The lowest BCUT2D eigenvalue weighted by atomic mass is 10.1. The molecule has 1 fully saturated rings. The molecule has 5 heteroatoms. The number of hydrogen-bond acceptors (Lipinski definition) is 5. The smallest absolute Gasteiger partial charge is 0.347 e. The Kier molecular flexibility index (Phi) is 4.57. The number of ether oxygens (including phenoxy) is 3. The molecule has 1 atom stereocenters. The van der Waals surface area contributed by atoms with Gasteiger partial charge in [-0.1, -0.05) is 42.5 Å². The molecule has 23 heavy (non-hydrogen) atoms. The van der Waals surface area contributed by atoms with Gasteiger partial charge >= 0.3 is 11.9 Å². The molecule has 1 aliphatic rings. The molecule has 2 aromatic carbocycles. The summed E-state index contributed by atoms with van der Waals surface area (Å²) in [5, 5.41) is 0. The summed E-state index contributed by atoms with van der Waals surface area (Å²) < 4.78 is 15.1. The van der Waals surface area contributed by atoms with E-state index in [0.717, 1.165) is 11.1 Å². The number of cyclic esters (lactones) is 1. The van der Waals surface area contributed by atoms with Crippen LogP contribution in [0.4, 0.5) is 0 Å². The molecular formula is C18H16O5. The molecule has 0 aliphatic carbocycles. The minimum absolute atomic E-state index is 0.242. The van der Waals surface area contributed by atoms with Gasteiger partial charge in [0.15, 0.2) is 6.61 Å². The maximum atomic E-state index is 11.7. The Morgan fingerprint density at radius 3 is 2.39 bits per heavy atom. The number of hydrogen-bond donors (Lipinski definition) is 0. The van der Waals surface area contributed by atoms with Crippen LogP contribution in [0.5, 0.6) is 5.75 Å². The van der Waals surface area contributed by atoms with Gasteiger partial charge in [0, 0.05) is 6.42 Å². The van der Waals surface area contributed by atoms with Crippen molar-refractivity contribution in [2.45, 2.75) is 12.5 Å². The van der Waals surface area contributed by atoms with Crippen molar-refractivity contribution in [3.05, 3.63) is 54.6 Å². The fraction of sp³-hybridized carbons (Fsp3) is 0.222. The van der Waals surface area contributed by atoms with Crippen molar-refractivity contribution in [1.29, 1.82) is 0 Å². The summed E-state index contributed by atoms with van der Waals surface area (Å²) in [5.41, 5.74) is 2.17. The van der Waals surface area contributed by atoms with Crippen LogP contribution in [0.3, 0.4) is 0 Å². The van der Waals surface area contributed by atoms with E-state index in [9.17, 15) is 9.59 Å². The Bertz CT molecular complexity index is 678. The average molecular weight is 312 g/mol. The Balaban J connectivity index is 1.52. The summed E-state index contributed by atoms with van der Waals surface area (Å²) in [6, 6.07) is 17.4. The molecule has 0 radical (unpaired) electrons. The first kappa shape index (κ1) is 15.1. The lowest BCUT2D eigenvalue weighted by Gasteiger charge is -2.10. The van der Waals surface area contributed by atoms with Gasteiger partial charge in [-0.05, 0) is 23.3 Å². The Labute approximate surface area is 133 Å². The van der Waals surface area contributed by atoms with Crippen molar-refractivity contribution in [2.75, 3.05) is 13.2 Å². The molecule has 2 aromatic rings. The van der Waals surface area contributed by atoms with Gasteiger partial charge in [0.05, 0.1) is 6.61 Å². The van der Waals surface area contributed by atoms with Crippen LogP contribution in [0.1, 0.15) is 6.42 Å². The van der Waals surface area contributed by atoms with Crippen LogP contribution in [0.15, 0.2) is 54.6 Å². The lowest BCUT2D eigenvalue weighted by Crippen LogP contribution is -2.26. The summed E-state index contributed by atoms with van der Waals surface area (Å²) in [6.45, 7) is 0.0487. The number of benzene rings is 2. The highest BCUT2D eigenvalue weighted by Gasteiger charge is 2.30. The van der Waals surface area contributed by atoms with Crippen molar-refractivity contribution in [3.8, 4) is 16.9 Å². The molecule has 0 unspecified atom stereocenters. The molecule has 1 aliphatic heterocycles. The molecule has 0 amide bonds. The summed E-state index contributed by atoms with van der Waals surface area (Å²) in [7, 11) is 0. The zero-order valence-electron chi connectivity index (χ0n) is 12.4. The quantitative estimate of drug-likeness (QED) is 0.794. The van der Waals surface area contributed by atoms with Crippen molar-refractivity contribution in [3.63, 3.8) is 0 Å². The van der Waals surface area contributed by atoms with Gasteiger partial charge in [-0.25, -0.2) is 9.59 Å². The number of carbonyl (C=O) groups excluding carboxylic acids is 2. The van der Waals surface area contributed by atoms with Gasteiger partial charge in [-0.2, -0.15) is 0 Å². The van der Waals surface area contributed by atoms with Crippen LogP contribution in [-0.2, 0) is 19.1 Å². The number of esters is 2. The molecule has 0 N–H and O–H groups in total. The Morgan fingerprint density at radius 1 is 1.04 bits per heavy atom. The third-order valence-corrected chi connectivity index (χ3v) is 3.48. The van der Waals surface area contributed by atoms with E-state index in [1.807, 2.05) is 42.5 Å². The second-order valence-electron chi connectivity index (χ2n) is 5.11. The molecule has 0 saturated carbocycles. The van der Waals surface area contributed by atoms with E-state index in [4.69, 9.17) is 14.2 Å². The minimum Gasteiger partial charge on any atom is -0.482 e. The summed E-state index contributed by atoms with van der Waals surface area (Å²) in [4.78, 5) is 22.9. The standard InChI is InChI=1S/C18H16O5/c19-17(23-16-10-11-21-18(16)20)12-22-15-8-6-14(7-9-15)13-4-2-1-3-5-13/h1-9,16H,10-12H2/t16-/m1/s1. The van der Waals surface area contributed by atoms with Crippen molar-refractivity contribution in [2.24, 2.45) is 0 Å². The van der Waals surface area contributed by atoms with Crippen molar-refractivity contribution in [1.82, 2.24) is 0 Å². The SMILES string of the molecule is O=C(COc1ccc(-c2ccccc2)cc1)O[C@@H]1CCOC1=O. The molecule has 0 spiro atoms.